The molecular weight excluding hydrogens is 188 g/mol. The third-order valence-corrected chi connectivity index (χ3v) is 2.29. The average molecular weight is 200 g/mol. The van der Waals surface area contributed by atoms with E-state index in [2.05, 4.69) is 0 Å². The van der Waals surface area contributed by atoms with Gasteiger partial charge in [0.1, 0.15) is 5.78 Å². The Morgan fingerprint density at radius 2 is 2.00 bits per heavy atom. The van der Waals surface area contributed by atoms with Crippen LogP contribution in [-0.4, -0.2) is 29.4 Å². The van der Waals surface area contributed by atoms with E-state index in [1.165, 1.54) is 0 Å². The lowest BCUT2D eigenvalue weighted by Crippen LogP contribution is -2.26. The summed E-state index contributed by atoms with van der Waals surface area (Å²) < 4.78 is 4.70. The second kappa shape index (κ2) is 4.21. The zero-order valence-corrected chi connectivity index (χ0v) is 7.86. The maximum absolute atomic E-state index is 11.3. The SMILES string of the molecule is CCOC(=O)[C@@H]1CC(=O)C[C@H]1C(=O)O. The molecule has 0 aromatic heterocycles. The van der Waals surface area contributed by atoms with Crippen molar-refractivity contribution < 1.29 is 24.2 Å². The molecule has 1 fully saturated rings. The van der Waals surface area contributed by atoms with Crippen LogP contribution in [0.1, 0.15) is 19.8 Å². The summed E-state index contributed by atoms with van der Waals surface area (Å²) in [6, 6.07) is 0. The van der Waals surface area contributed by atoms with E-state index in [1.54, 1.807) is 6.92 Å². The van der Waals surface area contributed by atoms with Gasteiger partial charge < -0.3 is 9.84 Å². The molecule has 0 aromatic carbocycles. The fourth-order valence-electron chi connectivity index (χ4n) is 1.61. The van der Waals surface area contributed by atoms with Gasteiger partial charge in [-0.25, -0.2) is 0 Å². The van der Waals surface area contributed by atoms with E-state index in [0.29, 0.717) is 0 Å². The van der Waals surface area contributed by atoms with E-state index in [9.17, 15) is 14.4 Å². The van der Waals surface area contributed by atoms with E-state index in [4.69, 9.17) is 9.84 Å². The minimum Gasteiger partial charge on any atom is -0.481 e. The highest BCUT2D eigenvalue weighted by Gasteiger charge is 2.43. The molecule has 78 valence electrons. The van der Waals surface area contributed by atoms with Crippen molar-refractivity contribution in [1.82, 2.24) is 0 Å². The Kier molecular flexibility index (Phi) is 3.22. The molecule has 0 unspecified atom stereocenters. The van der Waals surface area contributed by atoms with Crippen LogP contribution in [0.3, 0.4) is 0 Å². The molecule has 2 atom stereocenters. The summed E-state index contributed by atoms with van der Waals surface area (Å²) in [7, 11) is 0. The quantitative estimate of drug-likeness (QED) is 0.659. The second-order valence-corrected chi connectivity index (χ2v) is 3.25. The summed E-state index contributed by atoms with van der Waals surface area (Å²) in [5.74, 6) is -3.56. The highest BCUT2D eigenvalue weighted by atomic mass is 16.5. The van der Waals surface area contributed by atoms with E-state index in [0.717, 1.165) is 0 Å². The first-order valence-electron chi connectivity index (χ1n) is 4.47. The van der Waals surface area contributed by atoms with Gasteiger partial charge in [0.25, 0.3) is 0 Å². The number of carbonyl (C=O) groups is 3. The Hall–Kier alpha value is -1.39. The first-order valence-corrected chi connectivity index (χ1v) is 4.47. The Labute approximate surface area is 81.0 Å². The normalized spacial score (nSPS) is 26.2. The second-order valence-electron chi connectivity index (χ2n) is 3.25. The predicted octanol–water partition coefficient (Wildman–Crippen LogP) is 0.229. The molecule has 0 heterocycles. The maximum Gasteiger partial charge on any atom is 0.310 e. The van der Waals surface area contributed by atoms with Crippen molar-refractivity contribution in [3.05, 3.63) is 0 Å². The molecule has 0 radical (unpaired) electrons. The third-order valence-electron chi connectivity index (χ3n) is 2.29. The van der Waals surface area contributed by atoms with Gasteiger partial charge in [0.15, 0.2) is 0 Å². The van der Waals surface area contributed by atoms with Crippen LogP contribution in [0.5, 0.6) is 0 Å². The standard InChI is InChI=1S/C9H12O5/c1-2-14-9(13)7-4-5(10)3-6(7)8(11)12/h6-7H,2-4H2,1H3,(H,11,12)/t6-,7-/m1/s1. The molecule has 1 saturated carbocycles. The van der Waals surface area contributed by atoms with Gasteiger partial charge in [0.05, 0.1) is 18.4 Å². The van der Waals surface area contributed by atoms with E-state index >= 15 is 0 Å². The minimum absolute atomic E-state index is 0.00417. The van der Waals surface area contributed by atoms with Gasteiger partial charge in [-0.15, -0.1) is 0 Å². The fourth-order valence-corrected chi connectivity index (χ4v) is 1.61. The van der Waals surface area contributed by atoms with Gasteiger partial charge in [-0.3, -0.25) is 14.4 Å². The van der Waals surface area contributed by atoms with Gasteiger partial charge in [-0.1, -0.05) is 0 Å². The summed E-state index contributed by atoms with van der Waals surface area (Å²) in [6.45, 7) is 1.85. The monoisotopic (exact) mass is 200 g/mol. The number of carbonyl (C=O) groups excluding carboxylic acids is 2. The van der Waals surface area contributed by atoms with Crippen LogP contribution in [0.2, 0.25) is 0 Å². The predicted molar refractivity (Wildman–Crippen MR) is 45.5 cm³/mol. The van der Waals surface area contributed by atoms with Crippen LogP contribution < -0.4 is 0 Å². The molecular formula is C9H12O5. The molecule has 0 aromatic rings. The molecule has 14 heavy (non-hydrogen) atoms. The summed E-state index contributed by atoms with van der Waals surface area (Å²) in [5, 5.41) is 8.76. The number of carboxylic acid groups (broad SMARTS) is 1. The van der Waals surface area contributed by atoms with Crippen molar-refractivity contribution in [2.24, 2.45) is 11.8 Å². The molecule has 0 spiro atoms. The molecule has 0 saturated heterocycles. The lowest BCUT2D eigenvalue weighted by atomic mass is 9.96. The number of Topliss-reactive ketones (excluding diaryl/α,β-unsaturated/α-hetero) is 1. The number of hydrogen-bond acceptors (Lipinski definition) is 4. The van der Waals surface area contributed by atoms with Crippen LogP contribution >= 0.6 is 0 Å². The van der Waals surface area contributed by atoms with Crippen LogP contribution in [0.15, 0.2) is 0 Å². The van der Waals surface area contributed by atoms with Crippen LogP contribution in [0.25, 0.3) is 0 Å². The smallest absolute Gasteiger partial charge is 0.310 e. The first-order chi connectivity index (χ1) is 6.56. The lowest BCUT2D eigenvalue weighted by molar-refractivity contribution is -0.156. The van der Waals surface area contributed by atoms with Crippen LogP contribution in [0.4, 0.5) is 0 Å². The summed E-state index contributed by atoms with van der Waals surface area (Å²) in [5.41, 5.74) is 0. The van der Waals surface area contributed by atoms with Crippen molar-refractivity contribution in [1.29, 1.82) is 0 Å². The van der Waals surface area contributed by atoms with Crippen molar-refractivity contribution >= 4 is 17.7 Å². The summed E-state index contributed by atoms with van der Waals surface area (Å²) in [6.07, 6.45) is -0.0609. The number of hydrogen-bond donors (Lipinski definition) is 1. The molecule has 1 N–H and O–H groups in total. The lowest BCUT2D eigenvalue weighted by Gasteiger charge is -2.12. The molecule has 1 rings (SSSR count). The molecule has 5 nitrogen and oxygen atoms in total. The first kappa shape index (κ1) is 10.7. The number of carboxylic acids is 1. The highest BCUT2D eigenvalue weighted by Crippen LogP contribution is 2.30. The number of aliphatic carboxylic acids is 1. The number of ketones is 1. The van der Waals surface area contributed by atoms with Gasteiger partial charge >= 0.3 is 11.9 Å². The maximum atomic E-state index is 11.3. The van der Waals surface area contributed by atoms with Crippen molar-refractivity contribution in [2.75, 3.05) is 6.61 Å². The van der Waals surface area contributed by atoms with Gasteiger partial charge in [-0.2, -0.15) is 0 Å². The van der Waals surface area contributed by atoms with Gasteiger partial charge in [-0.05, 0) is 6.92 Å². The Morgan fingerprint density at radius 3 is 2.50 bits per heavy atom. The zero-order chi connectivity index (χ0) is 10.7. The van der Waals surface area contributed by atoms with Crippen molar-refractivity contribution in [3.8, 4) is 0 Å². The summed E-state index contributed by atoms with van der Waals surface area (Å²) >= 11 is 0. The Bertz CT molecular complexity index is 270. The third kappa shape index (κ3) is 2.10. The Balaban J connectivity index is 2.71. The van der Waals surface area contributed by atoms with Crippen LogP contribution in [0, 0.1) is 11.8 Å². The van der Waals surface area contributed by atoms with Crippen molar-refractivity contribution in [2.45, 2.75) is 19.8 Å². The van der Waals surface area contributed by atoms with Crippen molar-refractivity contribution in [3.63, 3.8) is 0 Å². The van der Waals surface area contributed by atoms with Crippen LogP contribution in [-0.2, 0) is 19.1 Å². The topological polar surface area (TPSA) is 80.7 Å². The average Bonchev–Trinajstić information content (AvgIpc) is 2.48. The summed E-state index contributed by atoms with van der Waals surface area (Å²) in [4.78, 5) is 33.0. The molecule has 0 aliphatic heterocycles. The largest absolute Gasteiger partial charge is 0.481 e. The van der Waals surface area contributed by atoms with E-state index in [-0.39, 0.29) is 25.2 Å². The van der Waals surface area contributed by atoms with Gasteiger partial charge in [0, 0.05) is 12.8 Å². The molecule has 0 bridgehead atoms. The number of ether oxygens (including phenoxy) is 1. The molecule has 1 aliphatic rings. The minimum atomic E-state index is -1.10. The van der Waals surface area contributed by atoms with E-state index in [1.807, 2.05) is 0 Å². The number of rotatable bonds is 3. The zero-order valence-electron chi connectivity index (χ0n) is 7.86. The highest BCUT2D eigenvalue weighted by molar-refractivity contribution is 5.94. The Morgan fingerprint density at radius 1 is 1.43 bits per heavy atom. The molecule has 5 heteroatoms. The fraction of sp³-hybridized carbons (Fsp3) is 0.667. The molecule has 1 aliphatic carbocycles. The number of esters is 1. The molecule has 0 amide bonds. The van der Waals surface area contributed by atoms with Gasteiger partial charge in [0.2, 0.25) is 0 Å². The van der Waals surface area contributed by atoms with E-state index < -0.39 is 23.8 Å².